The number of carbonyl (C=O) groups excluding carboxylic acids is 3. The Labute approximate surface area is 347 Å². The van der Waals surface area contributed by atoms with Crippen molar-refractivity contribution in [2.75, 3.05) is 20.3 Å². The van der Waals surface area contributed by atoms with Crippen LogP contribution >= 0.6 is 0 Å². The molecule has 60 heavy (non-hydrogen) atoms. The fourth-order valence-corrected chi connectivity index (χ4v) is 9.74. The van der Waals surface area contributed by atoms with Gasteiger partial charge in [-0.3, -0.25) is 24.0 Å². The molecule has 3 N–H and O–H groups in total. The summed E-state index contributed by atoms with van der Waals surface area (Å²) in [7, 11) is -2.67. The van der Waals surface area contributed by atoms with Crippen molar-refractivity contribution >= 4 is 44.6 Å². The van der Waals surface area contributed by atoms with Crippen LogP contribution < -0.4 is 24.2 Å². The number of methoxy groups -OCH3 is 1. The summed E-state index contributed by atoms with van der Waals surface area (Å²) in [6.07, 6.45) is -1.53. The van der Waals surface area contributed by atoms with Crippen LogP contribution in [-0.4, -0.2) is 113 Å². The second-order valence-corrected chi connectivity index (χ2v) is 19.6. The van der Waals surface area contributed by atoms with Gasteiger partial charge in [0.1, 0.15) is 40.8 Å². The minimum Gasteiger partial charge on any atom is -0.494 e. The largest absolute Gasteiger partial charge is 0.494 e. The molecule has 6 rings (SSSR count). The lowest BCUT2D eigenvalue weighted by molar-refractivity contribution is -0.222. The molecular weight excluding hydrogens is 812 g/mol. The van der Waals surface area contributed by atoms with Gasteiger partial charge >= 0.3 is 12.3 Å². The molecule has 4 aliphatic rings. The van der Waals surface area contributed by atoms with Gasteiger partial charge in [-0.2, -0.15) is 13.2 Å². The number of fused-ring (bicyclic) bond motifs is 3. The summed E-state index contributed by atoms with van der Waals surface area (Å²) >= 11 is 0. The number of pyridine rings is 1. The van der Waals surface area contributed by atoms with Crippen LogP contribution in [0.2, 0.25) is 0 Å². The molecule has 3 heterocycles. The Morgan fingerprint density at radius 2 is 1.83 bits per heavy atom. The van der Waals surface area contributed by atoms with E-state index >= 15 is 4.79 Å². The van der Waals surface area contributed by atoms with Crippen LogP contribution in [0.3, 0.4) is 0 Å². The molecule has 3 fully saturated rings. The molecule has 1 aromatic heterocycles. The fraction of sp³-hybridized carbons (Fsp3) is 0.634. The van der Waals surface area contributed by atoms with Crippen LogP contribution in [0, 0.1) is 17.8 Å². The second kappa shape index (κ2) is 16.2. The predicted octanol–water partition coefficient (Wildman–Crippen LogP) is 5.57. The van der Waals surface area contributed by atoms with Crippen LogP contribution in [0.1, 0.15) is 86.5 Å². The number of hydrogen-bond donors (Lipinski definition) is 3. The molecule has 0 bridgehead atoms. The third-order valence-corrected chi connectivity index (χ3v) is 14.7. The first kappa shape index (κ1) is 44.7. The van der Waals surface area contributed by atoms with Crippen molar-refractivity contribution in [3.8, 4) is 17.4 Å². The van der Waals surface area contributed by atoms with Gasteiger partial charge in [0, 0.05) is 23.1 Å². The lowest BCUT2D eigenvalue weighted by atomic mass is 9.85. The van der Waals surface area contributed by atoms with E-state index in [1.807, 2.05) is 13.8 Å². The maximum absolute atomic E-state index is 15.1. The van der Waals surface area contributed by atoms with E-state index in [1.165, 1.54) is 27.2 Å². The van der Waals surface area contributed by atoms with Gasteiger partial charge < -0.3 is 29.5 Å². The molecule has 19 heteroatoms. The van der Waals surface area contributed by atoms with Gasteiger partial charge in [-0.25, -0.2) is 18.2 Å². The number of hydrogen-bond acceptors (Lipinski definition) is 10. The Bertz CT molecular complexity index is 2160. The monoisotopic (exact) mass is 865 g/mol. The average molecular weight is 866 g/mol. The Hall–Kier alpha value is -4.81. The van der Waals surface area contributed by atoms with Gasteiger partial charge in [0.2, 0.25) is 27.7 Å². The van der Waals surface area contributed by atoms with Gasteiger partial charge in [0.05, 0.1) is 31.2 Å². The number of ether oxygens (including phenoxy) is 3. The minimum atomic E-state index is -5.10. The van der Waals surface area contributed by atoms with Crippen molar-refractivity contribution in [2.24, 2.45) is 17.8 Å². The smallest absolute Gasteiger partial charge is 0.411 e. The van der Waals surface area contributed by atoms with E-state index in [1.54, 1.807) is 30.4 Å². The van der Waals surface area contributed by atoms with Crippen molar-refractivity contribution < 1.29 is 60.1 Å². The van der Waals surface area contributed by atoms with Gasteiger partial charge in [0.15, 0.2) is 0 Å². The summed E-state index contributed by atoms with van der Waals surface area (Å²) in [6, 6.07) is 1.71. The van der Waals surface area contributed by atoms with Gasteiger partial charge in [-0.05, 0) is 96.3 Å². The number of amides is 4. The molecule has 1 saturated heterocycles. The number of aromatic nitrogens is 1. The van der Waals surface area contributed by atoms with Crippen LogP contribution in [-0.2, 0) is 24.4 Å². The molecule has 7 atom stereocenters. The lowest BCUT2D eigenvalue weighted by Crippen LogP contribution is -2.66. The highest BCUT2D eigenvalue weighted by atomic mass is 32.2. The zero-order valence-corrected chi connectivity index (χ0v) is 35.6. The maximum Gasteiger partial charge on any atom is 0.411 e. The topological polar surface area (TPSA) is 194 Å². The first-order valence-corrected chi connectivity index (χ1v) is 21.7. The van der Waals surface area contributed by atoms with Crippen LogP contribution in [0.4, 0.5) is 18.0 Å². The summed E-state index contributed by atoms with van der Waals surface area (Å²) in [5, 5.41) is 14.3. The van der Waals surface area contributed by atoms with Gasteiger partial charge in [-0.15, -0.1) is 0 Å². The van der Waals surface area contributed by atoms with Crippen LogP contribution in [0.5, 0.6) is 17.4 Å². The predicted molar refractivity (Wildman–Crippen MR) is 213 cm³/mol. The van der Waals surface area contributed by atoms with Gasteiger partial charge in [0.25, 0.3) is 5.91 Å². The molecule has 2 aliphatic carbocycles. The molecule has 0 radical (unpaired) electrons. The number of nitrogens with zero attached hydrogens (tertiary/aromatic N) is 3. The number of alkyl halides is 3. The van der Waals surface area contributed by atoms with E-state index in [0.717, 1.165) is 4.90 Å². The van der Waals surface area contributed by atoms with E-state index in [2.05, 4.69) is 15.0 Å². The van der Waals surface area contributed by atoms with E-state index in [0.29, 0.717) is 68.4 Å². The SMILES string of the molecule is CCOc1ccc2c(O[C@@H]3C[C@H]4C(=O)N[C@]5(C(=O)NS(=O)(=O)C6(C)CC6)C[C@H]5C=CCC[C@@H](C)C[C@@H](C)[C@H](N(C(=O)O)C(C)(C)C(F)(F)F)C(=O)N4C3)ncc(OC)c2c1. The summed E-state index contributed by atoms with van der Waals surface area (Å²) in [5.74, 6) is -3.65. The summed E-state index contributed by atoms with van der Waals surface area (Å²) in [6.45, 7) is 8.10. The van der Waals surface area contributed by atoms with Crippen LogP contribution in [0.25, 0.3) is 10.8 Å². The van der Waals surface area contributed by atoms with E-state index in [9.17, 15) is 41.1 Å². The summed E-state index contributed by atoms with van der Waals surface area (Å²) in [5.41, 5.74) is -4.77. The Morgan fingerprint density at radius 3 is 2.45 bits per heavy atom. The number of sulfonamides is 1. The number of nitrogens with one attached hydrogen (secondary N) is 2. The Balaban J connectivity index is 1.43. The van der Waals surface area contributed by atoms with Crippen molar-refractivity contribution in [2.45, 2.75) is 127 Å². The van der Waals surface area contributed by atoms with Crippen molar-refractivity contribution in [3.63, 3.8) is 0 Å². The normalized spacial score (nSPS) is 28.3. The number of carbonyl (C=O) groups is 4. The zero-order valence-electron chi connectivity index (χ0n) is 34.8. The molecule has 330 valence electrons. The standard InChI is InChI=1S/C41H54F3N5O10S/c1-8-58-26-13-14-28-29(18-26)31(57-7)21-45-34(28)59-27-19-30-33(50)46-40(36(52)47-60(55,56)39(6)15-16-39)20-25(40)12-10-9-11-23(2)17-24(3)32(35(51)48(30)22-27)49(37(53)54)38(4,5)41(42,43)44/h10,12-14,18,21,23-25,27,30,32H,8-9,11,15-17,19-20,22H2,1-7H3,(H,46,50)(H,47,52)(H,53,54)/t23-,24-,25-,27-,30+,32+,40-/m1/s1. The molecule has 1 aromatic carbocycles. The third kappa shape index (κ3) is 8.42. The molecule has 4 amide bonds. The molecule has 2 aromatic rings. The van der Waals surface area contributed by atoms with E-state index in [4.69, 9.17) is 14.2 Å². The first-order chi connectivity index (χ1) is 28.0. The number of halogens is 3. The molecule has 0 spiro atoms. The second-order valence-electron chi connectivity index (χ2n) is 17.4. The highest BCUT2D eigenvalue weighted by molar-refractivity contribution is 7.91. The highest BCUT2D eigenvalue weighted by Gasteiger charge is 2.64. The molecule has 15 nitrogen and oxygen atoms in total. The number of carboxylic acid groups (broad SMARTS) is 1. The van der Waals surface area contributed by atoms with E-state index < -0.39 is 85.9 Å². The first-order valence-electron chi connectivity index (χ1n) is 20.2. The number of benzene rings is 1. The highest BCUT2D eigenvalue weighted by Crippen LogP contribution is 2.48. The molecule has 2 saturated carbocycles. The Morgan fingerprint density at radius 1 is 1.13 bits per heavy atom. The molecular formula is C41H54F3N5O10S. The molecule has 0 unspecified atom stereocenters. The lowest BCUT2D eigenvalue weighted by Gasteiger charge is -2.45. The Kier molecular flexibility index (Phi) is 12.1. The number of allylic oxidation sites excluding steroid dienone is 1. The van der Waals surface area contributed by atoms with Gasteiger partial charge in [-0.1, -0.05) is 26.0 Å². The maximum atomic E-state index is 15.1. The van der Waals surface area contributed by atoms with Crippen LogP contribution in [0.15, 0.2) is 36.5 Å². The third-order valence-electron chi connectivity index (χ3n) is 12.6. The van der Waals surface area contributed by atoms with Crippen molar-refractivity contribution in [1.29, 1.82) is 0 Å². The fourth-order valence-electron chi connectivity index (χ4n) is 8.43. The molecule has 2 aliphatic heterocycles. The zero-order chi connectivity index (χ0) is 44.2. The summed E-state index contributed by atoms with van der Waals surface area (Å²) < 4.78 is 89.3. The average Bonchev–Trinajstić information content (AvgIpc) is 4.04. The minimum absolute atomic E-state index is 0.0428. The van der Waals surface area contributed by atoms with E-state index in [-0.39, 0.29) is 42.5 Å². The quantitative estimate of drug-likeness (QED) is 0.253. The van der Waals surface area contributed by atoms with Crippen molar-refractivity contribution in [3.05, 3.63) is 36.5 Å². The van der Waals surface area contributed by atoms with Crippen molar-refractivity contribution in [1.82, 2.24) is 24.8 Å². The number of rotatable bonds is 10. The summed E-state index contributed by atoms with van der Waals surface area (Å²) in [4.78, 5) is 62.2.